The smallest absolute Gasteiger partial charge is 0.208 e. The van der Waals surface area contributed by atoms with Crippen LogP contribution in [0, 0.1) is 34.0 Å². The molecule has 138 valence electrons. The molecule has 5 nitrogen and oxygen atoms in total. The molecule has 2 heterocycles. The van der Waals surface area contributed by atoms with Gasteiger partial charge in [-0.15, -0.1) is 0 Å². The molecule has 0 radical (unpaired) electrons. The van der Waals surface area contributed by atoms with Crippen LogP contribution in [-0.4, -0.2) is 45.7 Å². The molecule has 25 heavy (non-hydrogen) atoms. The van der Waals surface area contributed by atoms with Gasteiger partial charge in [-0.05, 0) is 42.6 Å². The number of Topliss-reactive ketones (excluding diaryl/α,β-unsaturated/α-hetero) is 1. The summed E-state index contributed by atoms with van der Waals surface area (Å²) in [6.07, 6.45) is 2.18. The van der Waals surface area contributed by atoms with E-state index in [9.17, 15) is 20.1 Å². The van der Waals surface area contributed by atoms with Crippen molar-refractivity contribution < 1.29 is 24.9 Å². The second-order valence-electron chi connectivity index (χ2n) is 9.89. The largest absolute Gasteiger partial charge is 0.391 e. The van der Waals surface area contributed by atoms with E-state index >= 15 is 0 Å². The highest BCUT2D eigenvalue weighted by Crippen LogP contribution is 2.76. The molecular weight excluding hydrogens is 320 g/mol. The van der Waals surface area contributed by atoms with Gasteiger partial charge in [-0.3, -0.25) is 4.79 Å². The Kier molecular flexibility index (Phi) is 2.88. The number of ether oxygens (including phenoxy) is 1. The number of hydrogen-bond donors (Lipinski definition) is 3. The lowest BCUT2D eigenvalue weighted by atomic mass is 9.36. The van der Waals surface area contributed by atoms with Gasteiger partial charge in [-0.1, -0.05) is 26.8 Å². The van der Waals surface area contributed by atoms with Gasteiger partial charge in [0.25, 0.3) is 0 Å². The fourth-order valence-corrected chi connectivity index (χ4v) is 7.99. The normalized spacial score (nSPS) is 58.8. The summed E-state index contributed by atoms with van der Waals surface area (Å²) >= 11 is 0. The molecule has 4 aliphatic carbocycles. The number of hydrogen-bond acceptors (Lipinski definition) is 5. The van der Waals surface area contributed by atoms with Gasteiger partial charge in [0.05, 0.1) is 12.7 Å². The Bertz CT molecular complexity index is 686. The maximum Gasteiger partial charge on any atom is 0.208 e. The van der Waals surface area contributed by atoms with E-state index in [1.165, 1.54) is 0 Å². The first-order valence-corrected chi connectivity index (χ1v) is 9.61. The van der Waals surface area contributed by atoms with Crippen molar-refractivity contribution in [3.05, 3.63) is 12.2 Å². The lowest BCUT2D eigenvalue weighted by molar-refractivity contribution is -0.448. The van der Waals surface area contributed by atoms with Gasteiger partial charge in [0.15, 0.2) is 5.78 Å². The van der Waals surface area contributed by atoms with Crippen molar-refractivity contribution in [1.82, 2.24) is 0 Å². The molecule has 0 amide bonds. The van der Waals surface area contributed by atoms with Crippen LogP contribution in [-0.2, 0) is 9.53 Å². The third-order valence-electron chi connectivity index (χ3n) is 8.77. The average Bonchev–Trinajstić information content (AvgIpc) is 2.66. The summed E-state index contributed by atoms with van der Waals surface area (Å²) in [7, 11) is 0. The summed E-state index contributed by atoms with van der Waals surface area (Å²) in [5.74, 6) is -2.92. The van der Waals surface area contributed by atoms with E-state index in [0.717, 1.165) is 32.1 Å². The van der Waals surface area contributed by atoms with Gasteiger partial charge in [0.1, 0.15) is 11.5 Å². The Balaban J connectivity index is 1.79. The highest BCUT2D eigenvalue weighted by molar-refractivity contribution is 6.05. The molecule has 0 aromatic carbocycles. The minimum atomic E-state index is -2.02. The summed E-state index contributed by atoms with van der Waals surface area (Å²) in [5.41, 5.74) is -1.56. The Morgan fingerprint density at radius 3 is 2.60 bits per heavy atom. The first-order valence-electron chi connectivity index (χ1n) is 9.61. The summed E-state index contributed by atoms with van der Waals surface area (Å²) in [6, 6.07) is 0. The molecule has 6 aliphatic rings. The first kappa shape index (κ1) is 16.4. The number of fused-ring (bicyclic) bond motifs is 2. The quantitative estimate of drug-likeness (QED) is 0.576. The number of carbonyl (C=O) groups is 1. The van der Waals surface area contributed by atoms with Crippen molar-refractivity contribution in [1.29, 1.82) is 0 Å². The Morgan fingerprint density at radius 2 is 1.88 bits per heavy atom. The summed E-state index contributed by atoms with van der Waals surface area (Å²) in [4.78, 5) is 13.3. The van der Waals surface area contributed by atoms with E-state index in [0.29, 0.717) is 12.2 Å². The van der Waals surface area contributed by atoms with Gasteiger partial charge in [0, 0.05) is 17.3 Å². The van der Waals surface area contributed by atoms with Crippen molar-refractivity contribution >= 4 is 5.78 Å². The van der Waals surface area contributed by atoms with Crippen molar-refractivity contribution in [2.24, 2.45) is 34.0 Å². The molecule has 2 spiro atoms. The maximum absolute atomic E-state index is 13.3. The molecule has 6 rings (SSSR count). The topological polar surface area (TPSA) is 87.0 Å². The second-order valence-corrected chi connectivity index (χ2v) is 9.89. The van der Waals surface area contributed by atoms with E-state index in [2.05, 4.69) is 20.4 Å². The third kappa shape index (κ3) is 1.41. The highest BCUT2D eigenvalue weighted by Gasteiger charge is 2.85. The van der Waals surface area contributed by atoms with Crippen LogP contribution in [0.1, 0.15) is 46.0 Å². The van der Waals surface area contributed by atoms with Crippen LogP contribution < -0.4 is 0 Å². The lowest BCUT2D eigenvalue weighted by Crippen LogP contribution is -2.83. The monoisotopic (exact) mass is 348 g/mol. The second kappa shape index (κ2) is 4.38. The Hall–Kier alpha value is -0.750. The van der Waals surface area contributed by atoms with Gasteiger partial charge in [0.2, 0.25) is 5.79 Å². The summed E-state index contributed by atoms with van der Waals surface area (Å²) in [6.45, 7) is 8.58. The fraction of sp³-hybridized carbons (Fsp3) is 0.850. The van der Waals surface area contributed by atoms with E-state index in [4.69, 9.17) is 4.74 Å². The van der Waals surface area contributed by atoms with Crippen LogP contribution in [0.25, 0.3) is 0 Å². The van der Waals surface area contributed by atoms with E-state index in [1.807, 2.05) is 0 Å². The maximum atomic E-state index is 13.3. The van der Waals surface area contributed by atoms with Crippen molar-refractivity contribution in [2.45, 2.75) is 63.9 Å². The molecule has 2 aliphatic heterocycles. The Morgan fingerprint density at radius 1 is 1.16 bits per heavy atom. The summed E-state index contributed by atoms with van der Waals surface area (Å²) < 4.78 is 5.89. The van der Waals surface area contributed by atoms with Crippen LogP contribution in [0.5, 0.6) is 0 Å². The molecule has 4 saturated carbocycles. The molecule has 5 heteroatoms. The van der Waals surface area contributed by atoms with Crippen LogP contribution in [0.15, 0.2) is 12.2 Å². The number of ketones is 1. The zero-order valence-electron chi connectivity index (χ0n) is 15.0. The molecule has 2 saturated heterocycles. The van der Waals surface area contributed by atoms with Crippen LogP contribution in [0.4, 0.5) is 0 Å². The van der Waals surface area contributed by atoms with E-state index < -0.39 is 23.4 Å². The average molecular weight is 348 g/mol. The molecule has 0 aromatic rings. The number of rotatable bonds is 0. The summed E-state index contributed by atoms with van der Waals surface area (Å²) in [5, 5.41) is 34.0. The van der Waals surface area contributed by atoms with Crippen molar-refractivity contribution in [3.8, 4) is 0 Å². The van der Waals surface area contributed by atoms with Gasteiger partial charge < -0.3 is 20.1 Å². The van der Waals surface area contributed by atoms with Gasteiger partial charge in [-0.25, -0.2) is 0 Å². The highest BCUT2D eigenvalue weighted by atomic mass is 16.6. The predicted octanol–water partition coefficient (Wildman–Crippen LogP) is 1.40. The minimum Gasteiger partial charge on any atom is -0.391 e. The molecule has 1 unspecified atom stereocenters. The third-order valence-corrected chi connectivity index (χ3v) is 8.77. The molecular formula is C20H28O5. The molecule has 6 fully saturated rings. The zero-order chi connectivity index (χ0) is 18.0. The number of aliphatic hydroxyl groups excluding tert-OH is 2. The van der Waals surface area contributed by atoms with Gasteiger partial charge in [-0.2, -0.15) is 0 Å². The van der Waals surface area contributed by atoms with Crippen molar-refractivity contribution in [3.63, 3.8) is 0 Å². The van der Waals surface area contributed by atoms with Crippen molar-refractivity contribution in [2.75, 3.05) is 6.61 Å². The molecule has 3 N–H and O–H groups in total. The van der Waals surface area contributed by atoms with Crippen LogP contribution in [0.2, 0.25) is 0 Å². The minimum absolute atomic E-state index is 0.131. The van der Waals surface area contributed by atoms with E-state index in [-0.39, 0.29) is 34.4 Å². The number of carbonyl (C=O) groups excluding carboxylic acids is 1. The standard InChI is InChI=1S/C20H28O5/c1-10-11-5-6-12-18-8-4-7-17(2,3)13(18)16(23)20(24,25-9-18)19(12,14(10)21)15(11)22/h11-13,15-16,22-24H,1,4-9H2,2-3H3/t11-,12-,13+,15?,16-,18+,19-,20+/m0/s1. The molecule has 4 bridgehead atoms. The van der Waals surface area contributed by atoms with Crippen LogP contribution in [0.3, 0.4) is 0 Å². The first-order chi connectivity index (χ1) is 11.6. The molecule has 0 aromatic heterocycles. The lowest BCUT2D eigenvalue weighted by Gasteiger charge is -2.73. The van der Waals surface area contributed by atoms with E-state index in [1.54, 1.807) is 0 Å². The Labute approximate surface area is 148 Å². The molecule has 8 atom stereocenters. The predicted molar refractivity (Wildman–Crippen MR) is 89.3 cm³/mol. The number of aliphatic hydroxyl groups is 3. The fourth-order valence-electron chi connectivity index (χ4n) is 7.99. The zero-order valence-corrected chi connectivity index (χ0v) is 15.0. The van der Waals surface area contributed by atoms with Crippen LogP contribution >= 0.6 is 0 Å². The SMILES string of the molecule is C=C1C(=O)[C@]23C(O)[C@H]1CC[C@H]2[C@]12CCCC(C)(C)[C@H]1[C@H](O)[C@@]3(O)OC2. The van der Waals surface area contributed by atoms with Gasteiger partial charge >= 0.3 is 0 Å².